The van der Waals surface area contributed by atoms with Crippen LogP contribution in [0.2, 0.25) is 0 Å². The van der Waals surface area contributed by atoms with Gasteiger partial charge in [-0.05, 0) is 62.4 Å². The topological polar surface area (TPSA) is 96.8 Å². The number of methoxy groups -OCH3 is 2. The number of hydrogen-bond donors (Lipinski definition) is 0. The Balaban J connectivity index is 0.000000270. The summed E-state index contributed by atoms with van der Waals surface area (Å²) in [6.07, 6.45) is -4.09. The quantitative estimate of drug-likeness (QED) is 0.0920. The van der Waals surface area contributed by atoms with Gasteiger partial charge >= 0.3 is 24.3 Å². The molecule has 0 bridgehead atoms. The van der Waals surface area contributed by atoms with E-state index in [1.807, 2.05) is 0 Å². The zero-order valence-electron chi connectivity index (χ0n) is 27.3. The van der Waals surface area contributed by atoms with Gasteiger partial charge in [0.05, 0.1) is 38.8 Å². The summed E-state index contributed by atoms with van der Waals surface area (Å²) in [4.78, 5) is 30.4. The fourth-order valence-electron chi connectivity index (χ4n) is 4.22. The Morgan fingerprint density at radius 3 is 1.32 bits per heavy atom. The van der Waals surface area contributed by atoms with Gasteiger partial charge in [0.1, 0.15) is 22.9 Å². The Morgan fingerprint density at radius 1 is 0.620 bits per heavy atom. The van der Waals surface area contributed by atoms with Crippen molar-refractivity contribution in [3.8, 4) is 34.0 Å². The Hall–Kier alpha value is -5.66. The number of esters is 2. The van der Waals surface area contributed by atoms with Crippen LogP contribution in [0.15, 0.2) is 84.9 Å². The van der Waals surface area contributed by atoms with Crippen molar-refractivity contribution >= 4 is 24.1 Å². The molecule has 0 fully saturated rings. The molecule has 0 radical (unpaired) electrons. The van der Waals surface area contributed by atoms with Gasteiger partial charge in [-0.2, -0.15) is 26.3 Å². The second-order valence-corrected chi connectivity index (χ2v) is 9.90. The molecule has 50 heavy (non-hydrogen) atoms. The molecule has 0 spiro atoms. The van der Waals surface area contributed by atoms with Crippen molar-refractivity contribution < 1.29 is 54.9 Å². The summed E-state index contributed by atoms with van der Waals surface area (Å²) in [5.74, 6) is -0.202. The number of alkyl halides is 6. The van der Waals surface area contributed by atoms with Crippen LogP contribution in [0.5, 0.6) is 11.5 Å². The Bertz CT molecular complexity index is 1700. The van der Waals surface area contributed by atoms with E-state index in [0.29, 0.717) is 33.8 Å². The number of carbonyl (C=O) groups excluding carboxylic acids is 2. The van der Waals surface area contributed by atoms with Crippen molar-refractivity contribution in [1.82, 2.24) is 9.97 Å². The SMILES string of the molecule is CCOC(=O)C=Cc1ccc(C(F)(F)F)nc1-c1cccc(OC)c1.CCOC(=O)C=Cc1ccc(C(F)(F)F)nc1-c1cccc(OC)c1. The Morgan fingerprint density at radius 2 is 1.00 bits per heavy atom. The van der Waals surface area contributed by atoms with E-state index >= 15 is 0 Å². The van der Waals surface area contributed by atoms with Gasteiger partial charge < -0.3 is 18.9 Å². The molecule has 264 valence electrons. The van der Waals surface area contributed by atoms with Crippen molar-refractivity contribution in [3.63, 3.8) is 0 Å². The van der Waals surface area contributed by atoms with Crippen LogP contribution in [0.1, 0.15) is 36.4 Å². The molecule has 4 rings (SSSR count). The molecule has 0 aliphatic heterocycles. The molecule has 2 aromatic heterocycles. The highest BCUT2D eigenvalue weighted by molar-refractivity contribution is 5.89. The standard InChI is InChI=1S/2C18H16F3NO3/c2*1-3-25-16(23)10-8-12-7-9-15(18(19,20)21)22-17(12)13-5-4-6-14(11-13)24-2/h2*4-11H,3H2,1-2H3. The molecule has 0 atom stereocenters. The molecule has 0 saturated carbocycles. The first-order valence-corrected chi connectivity index (χ1v) is 14.8. The smallest absolute Gasteiger partial charge is 0.433 e. The molecular weight excluding hydrogens is 670 g/mol. The van der Waals surface area contributed by atoms with Crippen LogP contribution >= 0.6 is 0 Å². The average Bonchev–Trinajstić information content (AvgIpc) is 3.09. The van der Waals surface area contributed by atoms with E-state index in [2.05, 4.69) is 9.97 Å². The van der Waals surface area contributed by atoms with E-state index in [1.165, 1.54) is 38.5 Å². The molecule has 2 aromatic carbocycles. The maximum Gasteiger partial charge on any atom is 0.433 e. The summed E-state index contributed by atoms with van der Waals surface area (Å²) in [7, 11) is 2.92. The highest BCUT2D eigenvalue weighted by Gasteiger charge is 2.34. The third-order valence-corrected chi connectivity index (χ3v) is 6.49. The minimum absolute atomic E-state index is 0.0919. The van der Waals surface area contributed by atoms with Crippen molar-refractivity contribution in [3.05, 3.63) is 107 Å². The summed E-state index contributed by atoms with van der Waals surface area (Å²) in [6, 6.07) is 17.3. The van der Waals surface area contributed by atoms with Crippen LogP contribution in [-0.4, -0.2) is 49.3 Å². The lowest BCUT2D eigenvalue weighted by molar-refractivity contribution is -0.141. The highest BCUT2D eigenvalue weighted by atomic mass is 19.4. The molecule has 0 N–H and O–H groups in total. The lowest BCUT2D eigenvalue weighted by Gasteiger charge is -2.11. The van der Waals surface area contributed by atoms with E-state index in [0.717, 1.165) is 24.3 Å². The molecular formula is C36H32F6N2O6. The van der Waals surface area contributed by atoms with Gasteiger partial charge in [0, 0.05) is 34.4 Å². The number of benzene rings is 2. The molecule has 0 aliphatic rings. The van der Waals surface area contributed by atoms with Crippen LogP contribution in [0.3, 0.4) is 0 Å². The van der Waals surface area contributed by atoms with Crippen molar-refractivity contribution in [2.75, 3.05) is 27.4 Å². The molecule has 0 saturated heterocycles. The van der Waals surface area contributed by atoms with Crippen LogP contribution in [0, 0.1) is 0 Å². The predicted octanol–water partition coefficient (Wildman–Crippen LogP) is 8.70. The van der Waals surface area contributed by atoms with Crippen LogP contribution in [0.4, 0.5) is 26.3 Å². The van der Waals surface area contributed by atoms with E-state index in [9.17, 15) is 35.9 Å². The lowest BCUT2D eigenvalue weighted by Crippen LogP contribution is -2.09. The number of hydrogen-bond acceptors (Lipinski definition) is 8. The fraction of sp³-hybridized carbons (Fsp3) is 0.222. The van der Waals surface area contributed by atoms with Crippen LogP contribution in [-0.2, 0) is 31.4 Å². The van der Waals surface area contributed by atoms with Crippen molar-refractivity contribution in [2.24, 2.45) is 0 Å². The lowest BCUT2D eigenvalue weighted by atomic mass is 10.0. The summed E-state index contributed by atoms with van der Waals surface area (Å²) in [5.41, 5.74) is -0.257. The number of rotatable bonds is 10. The second kappa shape index (κ2) is 17.7. The molecule has 0 aliphatic carbocycles. The van der Waals surface area contributed by atoms with E-state index in [1.54, 1.807) is 62.4 Å². The summed E-state index contributed by atoms with van der Waals surface area (Å²) < 4.78 is 97.7. The van der Waals surface area contributed by atoms with Crippen molar-refractivity contribution in [1.29, 1.82) is 0 Å². The first-order valence-electron chi connectivity index (χ1n) is 14.8. The van der Waals surface area contributed by atoms with Gasteiger partial charge in [-0.1, -0.05) is 36.4 Å². The largest absolute Gasteiger partial charge is 0.497 e. The van der Waals surface area contributed by atoms with Gasteiger partial charge in [-0.3, -0.25) is 0 Å². The van der Waals surface area contributed by atoms with Gasteiger partial charge in [-0.25, -0.2) is 19.6 Å². The zero-order chi connectivity index (χ0) is 36.9. The van der Waals surface area contributed by atoms with E-state index in [4.69, 9.17) is 18.9 Å². The maximum absolute atomic E-state index is 13.0. The van der Waals surface area contributed by atoms with Gasteiger partial charge in [-0.15, -0.1) is 0 Å². The molecule has 0 amide bonds. The molecule has 2 heterocycles. The van der Waals surface area contributed by atoms with Crippen LogP contribution in [0.25, 0.3) is 34.7 Å². The summed E-state index contributed by atoms with van der Waals surface area (Å²) >= 11 is 0. The maximum atomic E-state index is 13.0. The third-order valence-electron chi connectivity index (χ3n) is 6.49. The number of halogens is 6. The van der Waals surface area contributed by atoms with Gasteiger partial charge in [0.2, 0.25) is 0 Å². The molecule has 14 heteroatoms. The van der Waals surface area contributed by atoms with Gasteiger partial charge in [0.15, 0.2) is 0 Å². The second-order valence-electron chi connectivity index (χ2n) is 9.90. The fourth-order valence-corrected chi connectivity index (χ4v) is 4.22. The Labute approximate surface area is 284 Å². The Kier molecular flexibility index (Phi) is 13.7. The average molecular weight is 703 g/mol. The first kappa shape index (κ1) is 38.8. The van der Waals surface area contributed by atoms with E-state index in [-0.39, 0.29) is 24.6 Å². The minimum atomic E-state index is -4.57. The van der Waals surface area contributed by atoms with Gasteiger partial charge in [0.25, 0.3) is 0 Å². The minimum Gasteiger partial charge on any atom is -0.497 e. The highest BCUT2D eigenvalue weighted by Crippen LogP contribution is 2.34. The zero-order valence-corrected chi connectivity index (χ0v) is 27.3. The summed E-state index contributed by atoms with van der Waals surface area (Å²) in [6.45, 7) is 3.73. The number of aromatic nitrogens is 2. The molecule has 8 nitrogen and oxygen atoms in total. The molecule has 4 aromatic rings. The number of ether oxygens (including phenoxy) is 4. The number of carbonyl (C=O) groups is 2. The van der Waals surface area contributed by atoms with E-state index < -0.39 is 35.7 Å². The number of pyridine rings is 2. The normalized spacial score (nSPS) is 11.6. The van der Waals surface area contributed by atoms with Crippen molar-refractivity contribution in [2.45, 2.75) is 26.2 Å². The van der Waals surface area contributed by atoms with Crippen LogP contribution < -0.4 is 9.47 Å². The third kappa shape index (κ3) is 11.2. The predicted molar refractivity (Wildman–Crippen MR) is 174 cm³/mol. The first-order chi connectivity index (χ1) is 23.7. The monoisotopic (exact) mass is 702 g/mol. The number of nitrogens with zero attached hydrogens (tertiary/aromatic N) is 2. The summed E-state index contributed by atoms with van der Waals surface area (Å²) in [5, 5.41) is 0. The molecule has 0 unspecified atom stereocenters.